The molecule has 0 saturated heterocycles. The number of benzene rings is 2. The molecule has 0 aromatic heterocycles. The van der Waals surface area contributed by atoms with Gasteiger partial charge in [-0.05, 0) is 68.1 Å². The molecule has 0 fully saturated rings. The van der Waals surface area contributed by atoms with Gasteiger partial charge in [0.05, 0.1) is 12.2 Å². The second kappa shape index (κ2) is 9.21. The van der Waals surface area contributed by atoms with E-state index in [0.717, 1.165) is 16.8 Å². The number of carbonyl (C=O) groups is 2. The van der Waals surface area contributed by atoms with Crippen molar-refractivity contribution >= 4 is 17.6 Å². The van der Waals surface area contributed by atoms with Crippen LogP contribution >= 0.6 is 0 Å². The topological polar surface area (TPSA) is 64.6 Å². The van der Waals surface area contributed by atoms with Gasteiger partial charge in [-0.3, -0.25) is 4.79 Å². The summed E-state index contributed by atoms with van der Waals surface area (Å²) >= 11 is 0. The van der Waals surface area contributed by atoms with Crippen LogP contribution in [0.15, 0.2) is 42.5 Å². The van der Waals surface area contributed by atoms with Gasteiger partial charge in [0.1, 0.15) is 5.75 Å². The number of hydrogen-bond acceptors (Lipinski definition) is 4. The first-order valence-electron chi connectivity index (χ1n) is 9.08. The van der Waals surface area contributed by atoms with E-state index in [9.17, 15) is 9.59 Å². The van der Waals surface area contributed by atoms with E-state index >= 15 is 0 Å². The van der Waals surface area contributed by atoms with E-state index in [4.69, 9.17) is 9.47 Å². The Morgan fingerprint density at radius 1 is 1.00 bits per heavy atom. The highest BCUT2D eigenvalue weighted by atomic mass is 16.5. The van der Waals surface area contributed by atoms with Crippen LogP contribution in [0.4, 0.5) is 5.69 Å². The van der Waals surface area contributed by atoms with Gasteiger partial charge in [-0.15, -0.1) is 0 Å². The summed E-state index contributed by atoms with van der Waals surface area (Å²) in [5.41, 5.74) is 3.08. The van der Waals surface area contributed by atoms with Crippen molar-refractivity contribution in [3.05, 3.63) is 59.2 Å². The van der Waals surface area contributed by atoms with Crippen LogP contribution in [0.2, 0.25) is 0 Å². The Labute approximate surface area is 160 Å². The lowest BCUT2D eigenvalue weighted by Gasteiger charge is -2.15. The van der Waals surface area contributed by atoms with Crippen LogP contribution in [0.3, 0.4) is 0 Å². The lowest BCUT2D eigenvalue weighted by atomic mass is 10.1. The Kier molecular flexibility index (Phi) is 6.99. The Balaban J connectivity index is 1.94. The minimum absolute atomic E-state index is 0.367. The number of nitrogens with one attached hydrogen (secondary N) is 1. The number of anilines is 1. The van der Waals surface area contributed by atoms with E-state index in [0.29, 0.717) is 23.8 Å². The maximum Gasteiger partial charge on any atom is 0.338 e. The summed E-state index contributed by atoms with van der Waals surface area (Å²) in [4.78, 5) is 24.6. The average Bonchev–Trinajstić information content (AvgIpc) is 2.63. The summed E-state index contributed by atoms with van der Waals surface area (Å²) in [5, 5.41) is 2.81. The first-order chi connectivity index (χ1) is 12.8. The molecule has 0 aliphatic rings. The summed E-state index contributed by atoms with van der Waals surface area (Å²) < 4.78 is 10.9. The van der Waals surface area contributed by atoms with E-state index < -0.39 is 12.1 Å². The van der Waals surface area contributed by atoms with Crippen molar-refractivity contribution < 1.29 is 19.1 Å². The fourth-order valence-electron chi connectivity index (χ4n) is 2.34. The maximum absolute atomic E-state index is 12.3. The third kappa shape index (κ3) is 6.13. The van der Waals surface area contributed by atoms with Crippen LogP contribution in [0.5, 0.6) is 5.75 Å². The van der Waals surface area contributed by atoms with Crippen LogP contribution in [0.25, 0.3) is 0 Å². The summed E-state index contributed by atoms with van der Waals surface area (Å²) in [6.07, 6.45) is -0.908. The van der Waals surface area contributed by atoms with Gasteiger partial charge in [-0.2, -0.15) is 0 Å². The van der Waals surface area contributed by atoms with Crippen molar-refractivity contribution in [1.29, 1.82) is 0 Å². The Morgan fingerprint density at radius 3 is 2.30 bits per heavy atom. The van der Waals surface area contributed by atoms with Gasteiger partial charge in [-0.1, -0.05) is 26.0 Å². The van der Waals surface area contributed by atoms with Crippen LogP contribution in [0, 0.1) is 19.8 Å². The minimum Gasteiger partial charge on any atom is -0.493 e. The number of ether oxygens (including phenoxy) is 2. The third-order valence-electron chi connectivity index (χ3n) is 3.98. The summed E-state index contributed by atoms with van der Waals surface area (Å²) in [7, 11) is 0. The summed E-state index contributed by atoms with van der Waals surface area (Å²) in [6.45, 7) is 10.2. The molecule has 0 unspecified atom stereocenters. The molecule has 2 aromatic carbocycles. The van der Waals surface area contributed by atoms with Gasteiger partial charge in [0, 0.05) is 5.69 Å². The average molecular weight is 369 g/mol. The smallest absolute Gasteiger partial charge is 0.338 e. The molecule has 0 aliphatic heterocycles. The Hall–Kier alpha value is -2.82. The van der Waals surface area contributed by atoms with Crippen LogP contribution in [-0.2, 0) is 9.53 Å². The molecule has 2 rings (SSSR count). The number of amides is 1. The first kappa shape index (κ1) is 20.5. The van der Waals surface area contributed by atoms with E-state index in [-0.39, 0.29) is 5.91 Å². The third-order valence-corrected chi connectivity index (χ3v) is 3.98. The van der Waals surface area contributed by atoms with Gasteiger partial charge >= 0.3 is 5.97 Å². The predicted molar refractivity (Wildman–Crippen MR) is 106 cm³/mol. The zero-order chi connectivity index (χ0) is 20.0. The second-order valence-corrected chi connectivity index (χ2v) is 7.08. The highest BCUT2D eigenvalue weighted by molar-refractivity contribution is 5.97. The molecule has 0 bridgehead atoms. The lowest BCUT2D eigenvalue weighted by molar-refractivity contribution is -0.123. The Morgan fingerprint density at radius 2 is 1.67 bits per heavy atom. The number of esters is 1. The van der Waals surface area contributed by atoms with Crippen molar-refractivity contribution in [2.45, 2.75) is 40.7 Å². The minimum atomic E-state index is -0.908. The zero-order valence-corrected chi connectivity index (χ0v) is 16.5. The molecule has 0 saturated carbocycles. The number of carbonyl (C=O) groups excluding carboxylic acids is 2. The first-order valence-corrected chi connectivity index (χ1v) is 9.08. The zero-order valence-electron chi connectivity index (χ0n) is 16.5. The molecule has 0 radical (unpaired) electrons. The number of rotatable bonds is 7. The largest absolute Gasteiger partial charge is 0.493 e. The Bertz CT molecular complexity index is 796. The van der Waals surface area contributed by atoms with Gasteiger partial charge in [0.15, 0.2) is 6.10 Å². The standard InChI is InChI=1S/C22H27NO4/c1-14(2)13-26-19-10-8-18(9-11-19)22(25)27-17(5)21(24)23-20-12-15(3)6-7-16(20)4/h6-12,14,17H,13H2,1-5H3,(H,23,24)/t17-/m1/s1. The molecule has 0 heterocycles. The van der Waals surface area contributed by atoms with Gasteiger partial charge in [0.25, 0.3) is 5.91 Å². The molecule has 144 valence electrons. The predicted octanol–water partition coefficient (Wildman–Crippen LogP) is 4.52. The van der Waals surface area contributed by atoms with Gasteiger partial charge < -0.3 is 14.8 Å². The van der Waals surface area contributed by atoms with Crippen molar-refractivity contribution in [2.24, 2.45) is 5.92 Å². The molecule has 0 spiro atoms. The van der Waals surface area contributed by atoms with Crippen molar-refractivity contribution in [3.8, 4) is 5.75 Å². The summed E-state index contributed by atoms with van der Waals surface area (Å²) in [5.74, 6) is 0.204. The molecule has 2 aromatic rings. The van der Waals surface area contributed by atoms with Crippen LogP contribution < -0.4 is 10.1 Å². The summed E-state index contributed by atoms with van der Waals surface area (Å²) in [6, 6.07) is 12.5. The molecule has 1 amide bonds. The molecular formula is C22H27NO4. The van der Waals surface area contributed by atoms with Crippen LogP contribution in [0.1, 0.15) is 42.3 Å². The number of aryl methyl sites for hydroxylation is 2. The molecular weight excluding hydrogens is 342 g/mol. The molecule has 1 atom stereocenters. The normalized spacial score (nSPS) is 11.8. The fourth-order valence-corrected chi connectivity index (χ4v) is 2.34. The monoisotopic (exact) mass is 369 g/mol. The van der Waals surface area contributed by atoms with E-state index in [2.05, 4.69) is 19.2 Å². The van der Waals surface area contributed by atoms with Crippen molar-refractivity contribution in [2.75, 3.05) is 11.9 Å². The fraction of sp³-hybridized carbons (Fsp3) is 0.364. The van der Waals surface area contributed by atoms with Crippen molar-refractivity contribution in [3.63, 3.8) is 0 Å². The maximum atomic E-state index is 12.3. The van der Waals surface area contributed by atoms with E-state index in [1.807, 2.05) is 32.0 Å². The quantitative estimate of drug-likeness (QED) is 0.729. The molecule has 5 nitrogen and oxygen atoms in total. The molecule has 1 N–H and O–H groups in total. The number of hydrogen-bond donors (Lipinski definition) is 1. The highest BCUT2D eigenvalue weighted by Gasteiger charge is 2.19. The van der Waals surface area contributed by atoms with Crippen LogP contribution in [-0.4, -0.2) is 24.6 Å². The highest BCUT2D eigenvalue weighted by Crippen LogP contribution is 2.18. The molecule has 5 heteroatoms. The SMILES string of the molecule is Cc1ccc(C)c(NC(=O)[C@@H](C)OC(=O)c2ccc(OCC(C)C)cc2)c1. The van der Waals surface area contributed by atoms with Gasteiger partial charge in [0.2, 0.25) is 0 Å². The molecule has 0 aliphatic carbocycles. The lowest BCUT2D eigenvalue weighted by Crippen LogP contribution is -2.30. The van der Waals surface area contributed by atoms with E-state index in [1.54, 1.807) is 31.2 Å². The van der Waals surface area contributed by atoms with Crippen molar-refractivity contribution in [1.82, 2.24) is 0 Å². The van der Waals surface area contributed by atoms with Gasteiger partial charge in [-0.25, -0.2) is 4.79 Å². The second-order valence-electron chi connectivity index (χ2n) is 7.08. The van der Waals surface area contributed by atoms with E-state index in [1.165, 1.54) is 0 Å². The molecule has 27 heavy (non-hydrogen) atoms.